The maximum Gasteiger partial charge on any atom is 0.267 e. The van der Waals surface area contributed by atoms with Crippen LogP contribution in [0.4, 0.5) is 20.9 Å². The van der Waals surface area contributed by atoms with Crippen LogP contribution in [0.25, 0.3) is 0 Å². The van der Waals surface area contributed by atoms with Gasteiger partial charge in [0.25, 0.3) is 5.91 Å². The zero-order valence-corrected chi connectivity index (χ0v) is 14.5. The summed E-state index contributed by atoms with van der Waals surface area (Å²) in [5.74, 6) is -0.0321. The van der Waals surface area contributed by atoms with Gasteiger partial charge < -0.3 is 15.4 Å². The molecule has 7 heteroatoms. The number of nitrogens with one attached hydrogen (secondary N) is 2. The topological polar surface area (TPSA) is 63.2 Å². The van der Waals surface area contributed by atoms with Gasteiger partial charge in [-0.3, -0.25) is 4.79 Å². The Hall–Kier alpha value is -2.93. The molecule has 25 heavy (non-hydrogen) atoms. The van der Waals surface area contributed by atoms with Gasteiger partial charge in [0, 0.05) is 5.69 Å². The molecule has 0 saturated heterocycles. The van der Waals surface area contributed by atoms with E-state index in [-0.39, 0.29) is 11.7 Å². The molecular formula is C18H16FN3O2S. The lowest BCUT2D eigenvalue weighted by atomic mass is 10.3. The van der Waals surface area contributed by atoms with Crippen molar-refractivity contribution < 1.29 is 13.9 Å². The number of hydrogen-bond acceptors (Lipinski definition) is 5. The van der Waals surface area contributed by atoms with Crippen LogP contribution in [-0.2, 0) is 0 Å². The molecule has 0 unspecified atom stereocenters. The van der Waals surface area contributed by atoms with Crippen molar-refractivity contribution in [3.63, 3.8) is 0 Å². The van der Waals surface area contributed by atoms with Crippen LogP contribution in [0, 0.1) is 12.7 Å². The SMILES string of the molecule is COc1ccccc1NC(=O)c1sc(Nc2cccc(F)c2)nc1C. The standard InChI is InChI=1S/C18H16FN3O2S/c1-11-16(17(23)22-14-8-3-4-9-15(14)24-2)25-18(20-11)21-13-7-5-6-12(19)10-13/h3-10H,1-2H3,(H,20,21)(H,22,23). The van der Waals surface area contributed by atoms with E-state index < -0.39 is 0 Å². The average Bonchev–Trinajstić information content (AvgIpc) is 2.95. The van der Waals surface area contributed by atoms with Crippen LogP contribution in [-0.4, -0.2) is 18.0 Å². The summed E-state index contributed by atoms with van der Waals surface area (Å²) >= 11 is 1.20. The molecule has 0 spiro atoms. The number of carbonyl (C=O) groups is 1. The second-order valence-corrected chi connectivity index (χ2v) is 6.22. The number of carbonyl (C=O) groups excluding carboxylic acids is 1. The van der Waals surface area contributed by atoms with Crippen molar-refractivity contribution in [1.29, 1.82) is 0 Å². The quantitative estimate of drug-likeness (QED) is 0.701. The summed E-state index contributed by atoms with van der Waals surface area (Å²) < 4.78 is 18.5. The van der Waals surface area contributed by atoms with E-state index in [0.717, 1.165) is 0 Å². The van der Waals surface area contributed by atoms with Crippen molar-refractivity contribution >= 4 is 33.8 Å². The summed E-state index contributed by atoms with van der Waals surface area (Å²) in [6.07, 6.45) is 0. The van der Waals surface area contributed by atoms with Gasteiger partial charge in [-0.15, -0.1) is 0 Å². The fraction of sp³-hybridized carbons (Fsp3) is 0.111. The van der Waals surface area contributed by atoms with Crippen molar-refractivity contribution in [3.05, 3.63) is 64.9 Å². The molecule has 1 aromatic heterocycles. The highest BCUT2D eigenvalue weighted by molar-refractivity contribution is 7.17. The Kier molecular flexibility index (Phi) is 4.95. The molecule has 0 atom stereocenters. The largest absolute Gasteiger partial charge is 0.495 e. The minimum absolute atomic E-state index is 0.271. The van der Waals surface area contributed by atoms with Crippen LogP contribution in [0.2, 0.25) is 0 Å². The number of amides is 1. The fourth-order valence-corrected chi connectivity index (χ4v) is 3.16. The van der Waals surface area contributed by atoms with Crippen LogP contribution < -0.4 is 15.4 Å². The maximum atomic E-state index is 13.3. The predicted molar refractivity (Wildman–Crippen MR) is 97.5 cm³/mol. The molecule has 2 aromatic carbocycles. The molecule has 1 heterocycles. The molecule has 5 nitrogen and oxygen atoms in total. The average molecular weight is 357 g/mol. The van der Waals surface area contributed by atoms with Crippen molar-refractivity contribution in [2.75, 3.05) is 17.7 Å². The minimum atomic E-state index is -0.340. The van der Waals surface area contributed by atoms with Crippen LogP contribution in [0.15, 0.2) is 48.5 Å². The summed E-state index contributed by atoms with van der Waals surface area (Å²) in [5.41, 5.74) is 1.75. The van der Waals surface area contributed by atoms with Gasteiger partial charge in [-0.05, 0) is 37.3 Å². The molecule has 0 aliphatic heterocycles. The van der Waals surface area contributed by atoms with Gasteiger partial charge in [-0.1, -0.05) is 29.5 Å². The van der Waals surface area contributed by atoms with E-state index in [2.05, 4.69) is 15.6 Å². The van der Waals surface area contributed by atoms with Gasteiger partial charge in [0.15, 0.2) is 5.13 Å². The number of para-hydroxylation sites is 2. The van der Waals surface area contributed by atoms with E-state index in [0.29, 0.717) is 32.8 Å². The summed E-state index contributed by atoms with van der Waals surface area (Å²) in [5, 5.41) is 6.36. The van der Waals surface area contributed by atoms with Crippen LogP contribution in [0.1, 0.15) is 15.4 Å². The molecule has 0 fully saturated rings. The molecular weight excluding hydrogens is 341 g/mol. The highest BCUT2D eigenvalue weighted by Crippen LogP contribution is 2.29. The number of ether oxygens (including phenoxy) is 1. The number of anilines is 3. The Bertz CT molecular complexity index is 911. The Balaban J connectivity index is 1.78. The van der Waals surface area contributed by atoms with Gasteiger partial charge in [0.05, 0.1) is 18.5 Å². The van der Waals surface area contributed by atoms with E-state index >= 15 is 0 Å². The van der Waals surface area contributed by atoms with Gasteiger partial charge in [-0.2, -0.15) is 0 Å². The molecule has 128 valence electrons. The summed E-state index contributed by atoms with van der Waals surface area (Å²) in [6, 6.07) is 13.2. The van der Waals surface area contributed by atoms with Crippen LogP contribution >= 0.6 is 11.3 Å². The normalized spacial score (nSPS) is 10.4. The molecule has 0 saturated carbocycles. The van der Waals surface area contributed by atoms with Gasteiger partial charge >= 0.3 is 0 Å². The predicted octanol–water partition coefficient (Wildman–Crippen LogP) is 4.60. The van der Waals surface area contributed by atoms with Gasteiger partial charge in [-0.25, -0.2) is 9.37 Å². The van der Waals surface area contributed by atoms with E-state index in [4.69, 9.17) is 4.74 Å². The van der Waals surface area contributed by atoms with E-state index in [9.17, 15) is 9.18 Å². The van der Waals surface area contributed by atoms with E-state index in [1.807, 2.05) is 12.1 Å². The van der Waals surface area contributed by atoms with E-state index in [1.165, 1.54) is 23.5 Å². The number of nitrogens with zero attached hydrogens (tertiary/aromatic N) is 1. The van der Waals surface area contributed by atoms with Crippen molar-refractivity contribution in [2.24, 2.45) is 0 Å². The molecule has 0 bridgehead atoms. The third kappa shape index (κ3) is 3.95. The third-order valence-corrected chi connectivity index (χ3v) is 4.51. The number of thiazole rings is 1. The van der Waals surface area contributed by atoms with Crippen molar-refractivity contribution in [2.45, 2.75) is 6.92 Å². The first-order chi connectivity index (χ1) is 12.1. The monoisotopic (exact) mass is 357 g/mol. The Morgan fingerprint density at radius 3 is 2.76 bits per heavy atom. The van der Waals surface area contributed by atoms with Gasteiger partial charge in [0.2, 0.25) is 0 Å². The fourth-order valence-electron chi connectivity index (χ4n) is 2.28. The molecule has 0 aliphatic carbocycles. The molecule has 0 aliphatic rings. The second kappa shape index (κ2) is 7.31. The van der Waals surface area contributed by atoms with E-state index in [1.54, 1.807) is 38.3 Å². The molecule has 3 aromatic rings. The molecule has 2 N–H and O–H groups in total. The second-order valence-electron chi connectivity index (χ2n) is 5.22. The lowest BCUT2D eigenvalue weighted by Crippen LogP contribution is -2.12. The Labute approximate surface area is 148 Å². The Morgan fingerprint density at radius 2 is 2.00 bits per heavy atom. The lowest BCUT2D eigenvalue weighted by molar-refractivity contribution is 0.102. The first kappa shape index (κ1) is 16.9. The number of halogens is 1. The first-order valence-electron chi connectivity index (χ1n) is 7.51. The zero-order valence-electron chi connectivity index (χ0n) is 13.7. The number of aromatic nitrogens is 1. The van der Waals surface area contributed by atoms with Crippen molar-refractivity contribution in [1.82, 2.24) is 4.98 Å². The number of rotatable bonds is 5. The highest BCUT2D eigenvalue weighted by Gasteiger charge is 2.17. The molecule has 0 radical (unpaired) electrons. The summed E-state index contributed by atoms with van der Waals surface area (Å²) in [4.78, 5) is 17.3. The Morgan fingerprint density at radius 1 is 1.20 bits per heavy atom. The lowest BCUT2D eigenvalue weighted by Gasteiger charge is -2.08. The number of benzene rings is 2. The maximum absolute atomic E-state index is 13.3. The van der Waals surface area contributed by atoms with Crippen LogP contribution in [0.5, 0.6) is 5.75 Å². The third-order valence-electron chi connectivity index (χ3n) is 3.43. The first-order valence-corrected chi connectivity index (χ1v) is 8.33. The number of aryl methyl sites for hydroxylation is 1. The van der Waals surface area contributed by atoms with Gasteiger partial charge in [0.1, 0.15) is 16.4 Å². The van der Waals surface area contributed by atoms with Crippen molar-refractivity contribution in [3.8, 4) is 5.75 Å². The number of methoxy groups -OCH3 is 1. The summed E-state index contributed by atoms with van der Waals surface area (Å²) in [6.45, 7) is 1.75. The number of hydrogen-bond donors (Lipinski definition) is 2. The molecule has 1 amide bonds. The van der Waals surface area contributed by atoms with Crippen LogP contribution in [0.3, 0.4) is 0 Å². The molecule has 3 rings (SSSR count). The minimum Gasteiger partial charge on any atom is -0.495 e. The highest BCUT2D eigenvalue weighted by atomic mass is 32.1. The zero-order chi connectivity index (χ0) is 17.8. The smallest absolute Gasteiger partial charge is 0.267 e. The summed E-state index contributed by atoms with van der Waals surface area (Å²) in [7, 11) is 1.55.